The lowest BCUT2D eigenvalue weighted by molar-refractivity contribution is -0.144. The molecule has 2 aliphatic rings. The van der Waals surface area contributed by atoms with Crippen molar-refractivity contribution in [3.8, 4) is 10.6 Å². The number of thiazole rings is 1. The van der Waals surface area contributed by atoms with Crippen molar-refractivity contribution in [3.05, 3.63) is 27.4 Å². The number of hydrogen-bond donors (Lipinski definition) is 4. The van der Waals surface area contributed by atoms with Crippen LogP contribution in [0.25, 0.3) is 10.6 Å². The average molecular weight is 492 g/mol. The van der Waals surface area contributed by atoms with E-state index in [0.29, 0.717) is 25.9 Å². The lowest BCUT2D eigenvalue weighted by atomic mass is 9.47. The molecular formula is C24H33N3O4S2. The van der Waals surface area contributed by atoms with Crippen LogP contribution in [0.1, 0.15) is 56.5 Å². The molecule has 2 aliphatic carbocycles. The summed E-state index contributed by atoms with van der Waals surface area (Å²) < 4.78 is 0. The summed E-state index contributed by atoms with van der Waals surface area (Å²) in [5.74, 6) is -0.252. The van der Waals surface area contributed by atoms with Gasteiger partial charge < -0.3 is 20.8 Å². The maximum Gasteiger partial charge on any atom is 0.220 e. The summed E-state index contributed by atoms with van der Waals surface area (Å²) in [7, 11) is 0. The Hall–Kier alpha value is -1.81. The molecule has 5 unspecified atom stereocenters. The molecule has 2 heterocycles. The molecule has 0 bridgehead atoms. The quantitative estimate of drug-likeness (QED) is 0.445. The van der Waals surface area contributed by atoms with Crippen LogP contribution in [-0.4, -0.2) is 52.8 Å². The number of thiophene rings is 1. The second-order valence-corrected chi connectivity index (χ2v) is 11.8. The molecule has 1 saturated carbocycles. The lowest BCUT2D eigenvalue weighted by Gasteiger charge is -2.58. The van der Waals surface area contributed by atoms with Gasteiger partial charge in [0.25, 0.3) is 0 Å². The van der Waals surface area contributed by atoms with Gasteiger partial charge in [-0.3, -0.25) is 9.59 Å². The van der Waals surface area contributed by atoms with Crippen LogP contribution in [0.2, 0.25) is 0 Å². The van der Waals surface area contributed by atoms with E-state index in [4.69, 9.17) is 4.98 Å². The fourth-order valence-corrected chi connectivity index (χ4v) is 7.73. The molecule has 0 aliphatic heterocycles. The minimum atomic E-state index is -0.628. The number of amides is 2. The second kappa shape index (κ2) is 9.44. The zero-order valence-corrected chi connectivity index (χ0v) is 21.0. The van der Waals surface area contributed by atoms with Gasteiger partial charge in [-0.15, -0.1) is 11.3 Å². The molecule has 4 rings (SSSR count). The van der Waals surface area contributed by atoms with Crippen LogP contribution >= 0.6 is 22.7 Å². The molecule has 2 amide bonds. The summed E-state index contributed by atoms with van der Waals surface area (Å²) in [5, 5.41) is 31.9. The predicted octanol–water partition coefficient (Wildman–Crippen LogP) is 2.93. The van der Waals surface area contributed by atoms with Crippen molar-refractivity contribution >= 4 is 34.5 Å². The van der Waals surface area contributed by atoms with Crippen LogP contribution < -0.4 is 10.6 Å². The first-order valence-corrected chi connectivity index (χ1v) is 13.3. The fourth-order valence-electron chi connectivity index (χ4n) is 5.85. The van der Waals surface area contributed by atoms with E-state index in [1.165, 1.54) is 6.92 Å². The zero-order chi connectivity index (χ0) is 23.8. The molecule has 0 radical (unpaired) electrons. The Balaban J connectivity index is 1.66. The van der Waals surface area contributed by atoms with Crippen LogP contribution in [0.15, 0.2) is 16.8 Å². The van der Waals surface area contributed by atoms with Crippen molar-refractivity contribution in [3.63, 3.8) is 0 Å². The summed E-state index contributed by atoms with van der Waals surface area (Å²) in [6.07, 6.45) is 1.86. The molecule has 4 N–H and O–H groups in total. The van der Waals surface area contributed by atoms with E-state index in [-0.39, 0.29) is 35.7 Å². The minimum absolute atomic E-state index is 0.0409. The Morgan fingerprint density at radius 3 is 2.70 bits per heavy atom. The Kier molecular flexibility index (Phi) is 6.96. The van der Waals surface area contributed by atoms with Gasteiger partial charge in [0, 0.05) is 53.6 Å². The third-order valence-electron chi connectivity index (χ3n) is 7.87. The van der Waals surface area contributed by atoms with Crippen LogP contribution in [0, 0.1) is 16.7 Å². The summed E-state index contributed by atoms with van der Waals surface area (Å²) >= 11 is 3.30. The third kappa shape index (κ3) is 4.48. The fraction of sp³-hybridized carbons (Fsp3) is 0.625. The molecule has 0 aromatic carbocycles. The van der Waals surface area contributed by atoms with Gasteiger partial charge >= 0.3 is 0 Å². The highest BCUT2D eigenvalue weighted by Crippen LogP contribution is 2.62. The van der Waals surface area contributed by atoms with Crippen molar-refractivity contribution in [1.29, 1.82) is 0 Å². The number of carbonyl (C=O) groups is 2. The molecule has 33 heavy (non-hydrogen) atoms. The number of nitrogens with zero attached hydrogens (tertiary/aromatic N) is 1. The van der Waals surface area contributed by atoms with Crippen LogP contribution in [0.5, 0.6) is 0 Å². The van der Waals surface area contributed by atoms with E-state index in [1.807, 2.05) is 12.3 Å². The molecule has 2 aromatic heterocycles. The molecule has 0 saturated heterocycles. The Morgan fingerprint density at radius 2 is 2.03 bits per heavy atom. The van der Waals surface area contributed by atoms with E-state index in [9.17, 15) is 19.8 Å². The number of aliphatic hydroxyl groups excluding tert-OH is 2. The van der Waals surface area contributed by atoms with Crippen molar-refractivity contribution in [2.75, 3.05) is 19.7 Å². The molecule has 5 atom stereocenters. The topological polar surface area (TPSA) is 112 Å². The summed E-state index contributed by atoms with van der Waals surface area (Å²) in [6.45, 7) is 6.33. The molecule has 180 valence electrons. The highest BCUT2D eigenvalue weighted by molar-refractivity contribution is 7.15. The first kappa shape index (κ1) is 24.3. The van der Waals surface area contributed by atoms with Gasteiger partial charge in [0.15, 0.2) is 0 Å². The number of aliphatic hydroxyl groups is 2. The molecule has 2 aromatic rings. The normalized spacial score (nSPS) is 30.9. The monoisotopic (exact) mass is 491 g/mol. The Morgan fingerprint density at radius 1 is 1.27 bits per heavy atom. The maximum absolute atomic E-state index is 13.0. The van der Waals surface area contributed by atoms with Crippen LogP contribution in [0.3, 0.4) is 0 Å². The van der Waals surface area contributed by atoms with Gasteiger partial charge in [-0.05, 0) is 42.0 Å². The van der Waals surface area contributed by atoms with Crippen LogP contribution in [-0.2, 0) is 16.0 Å². The minimum Gasteiger partial charge on any atom is -0.396 e. The van der Waals surface area contributed by atoms with Gasteiger partial charge in [-0.2, -0.15) is 11.3 Å². The van der Waals surface area contributed by atoms with Gasteiger partial charge in [0.2, 0.25) is 11.8 Å². The zero-order valence-electron chi connectivity index (χ0n) is 19.4. The number of hydrogen-bond acceptors (Lipinski definition) is 7. The molecule has 0 spiro atoms. The van der Waals surface area contributed by atoms with Crippen LogP contribution in [0.4, 0.5) is 0 Å². The summed E-state index contributed by atoms with van der Waals surface area (Å²) in [5.41, 5.74) is 1.19. The molecular weight excluding hydrogens is 458 g/mol. The number of nitrogens with one attached hydrogen (secondary N) is 2. The predicted molar refractivity (Wildman–Crippen MR) is 130 cm³/mol. The molecule has 7 nitrogen and oxygen atoms in total. The molecule has 1 fully saturated rings. The first-order valence-electron chi connectivity index (χ1n) is 11.5. The lowest BCUT2D eigenvalue weighted by Crippen LogP contribution is -2.57. The van der Waals surface area contributed by atoms with E-state index in [2.05, 4.69) is 29.0 Å². The van der Waals surface area contributed by atoms with Crippen molar-refractivity contribution in [2.45, 2.75) is 58.5 Å². The number of rotatable bonds is 7. The average Bonchev–Trinajstić information content (AvgIpc) is 3.45. The smallest absolute Gasteiger partial charge is 0.220 e. The Bertz CT molecular complexity index is 1010. The summed E-state index contributed by atoms with van der Waals surface area (Å²) in [6, 6.07) is 2.06. The van der Waals surface area contributed by atoms with E-state index >= 15 is 0 Å². The largest absolute Gasteiger partial charge is 0.396 e. The highest BCUT2D eigenvalue weighted by Gasteiger charge is 2.59. The van der Waals surface area contributed by atoms with Gasteiger partial charge in [-0.25, -0.2) is 4.98 Å². The van der Waals surface area contributed by atoms with Gasteiger partial charge in [0.1, 0.15) is 5.01 Å². The van der Waals surface area contributed by atoms with Crippen molar-refractivity contribution in [1.82, 2.24) is 15.6 Å². The first-order chi connectivity index (χ1) is 15.7. The molecule has 9 heteroatoms. The Labute approximate surface area is 202 Å². The van der Waals surface area contributed by atoms with Crippen molar-refractivity contribution < 1.29 is 19.8 Å². The number of carbonyl (C=O) groups excluding carboxylic acids is 2. The summed E-state index contributed by atoms with van der Waals surface area (Å²) in [4.78, 5) is 30.3. The third-order valence-corrected chi connectivity index (χ3v) is 9.70. The van der Waals surface area contributed by atoms with E-state index in [1.54, 1.807) is 22.7 Å². The van der Waals surface area contributed by atoms with Gasteiger partial charge in [-0.1, -0.05) is 13.8 Å². The maximum atomic E-state index is 13.0. The van der Waals surface area contributed by atoms with E-state index in [0.717, 1.165) is 34.0 Å². The standard InChI is InChI=1S/C24H33N3O4S2/c1-14(29)25-7-8-26-20(31)10-16-21-17(33-22(27-21)15-5-9-32-12-15)11-18-23(16,2)6-4-19(30)24(18,3)13-28/h5,9,12,16,18-19,28,30H,4,6-8,10-11,13H2,1-3H3,(H,25,29)(H,26,31). The second-order valence-electron chi connectivity index (χ2n) is 9.91. The SMILES string of the molecule is CC(=O)NCCNC(=O)CC1c2nc(-c3ccsc3)sc2CC2C(C)(CO)C(O)CCC12C. The van der Waals surface area contributed by atoms with Crippen molar-refractivity contribution in [2.24, 2.45) is 16.7 Å². The number of aromatic nitrogens is 1. The number of fused-ring (bicyclic) bond motifs is 2. The van der Waals surface area contributed by atoms with Gasteiger partial charge in [0.05, 0.1) is 18.4 Å². The highest BCUT2D eigenvalue weighted by atomic mass is 32.1. The van der Waals surface area contributed by atoms with E-state index < -0.39 is 11.5 Å².